The van der Waals surface area contributed by atoms with E-state index in [1.54, 1.807) is 7.11 Å². The predicted octanol–water partition coefficient (Wildman–Crippen LogP) is 2.29. The molecule has 6 nitrogen and oxygen atoms in total. The Hall–Kier alpha value is -2.73. The maximum absolute atomic E-state index is 12.0. The smallest absolute Gasteiger partial charge is 0.251 e. The van der Waals surface area contributed by atoms with Crippen molar-refractivity contribution in [2.24, 2.45) is 0 Å². The van der Waals surface area contributed by atoms with Gasteiger partial charge in [-0.25, -0.2) is 0 Å². The van der Waals surface area contributed by atoms with Gasteiger partial charge in [0, 0.05) is 25.2 Å². The summed E-state index contributed by atoms with van der Waals surface area (Å²) in [5.74, 6) is 1.98. The number of carbonyl (C=O) groups excluding carboxylic acids is 1. The average molecular weight is 356 g/mol. The number of aryl methyl sites for hydroxylation is 1. The summed E-state index contributed by atoms with van der Waals surface area (Å²) in [4.78, 5) is 12.0. The molecule has 0 radical (unpaired) electrons. The summed E-state index contributed by atoms with van der Waals surface area (Å²) >= 11 is 0. The maximum Gasteiger partial charge on any atom is 0.251 e. The van der Waals surface area contributed by atoms with E-state index in [4.69, 9.17) is 14.2 Å². The summed E-state index contributed by atoms with van der Waals surface area (Å²) in [6, 6.07) is 11.4. The molecule has 0 bridgehead atoms. The van der Waals surface area contributed by atoms with Crippen LogP contribution in [-0.4, -0.2) is 39.3 Å². The van der Waals surface area contributed by atoms with Crippen molar-refractivity contribution in [1.29, 1.82) is 0 Å². The topological polar surface area (TPSA) is 68.8 Å². The first-order chi connectivity index (χ1) is 12.7. The minimum Gasteiger partial charge on any atom is -0.493 e. The van der Waals surface area contributed by atoms with Crippen LogP contribution < -0.4 is 24.8 Å². The van der Waals surface area contributed by atoms with Crippen LogP contribution in [-0.2, 0) is 6.54 Å². The van der Waals surface area contributed by atoms with Gasteiger partial charge in [0.05, 0.1) is 7.11 Å². The van der Waals surface area contributed by atoms with Gasteiger partial charge in [-0.2, -0.15) is 0 Å². The summed E-state index contributed by atoms with van der Waals surface area (Å²) in [7, 11) is 1.62. The zero-order chi connectivity index (χ0) is 18.4. The van der Waals surface area contributed by atoms with Crippen LogP contribution in [0, 0.1) is 6.92 Å². The van der Waals surface area contributed by atoms with Crippen molar-refractivity contribution in [3.05, 3.63) is 53.1 Å². The second-order valence-corrected chi connectivity index (χ2v) is 6.12. The highest BCUT2D eigenvalue weighted by Crippen LogP contribution is 2.40. The number of amides is 1. The second-order valence-electron chi connectivity index (χ2n) is 6.12. The molecule has 1 amide bonds. The molecule has 26 heavy (non-hydrogen) atoms. The predicted molar refractivity (Wildman–Crippen MR) is 99.2 cm³/mol. The Bertz CT molecular complexity index is 742. The zero-order valence-corrected chi connectivity index (χ0v) is 15.1. The van der Waals surface area contributed by atoms with Crippen LogP contribution >= 0.6 is 0 Å². The largest absolute Gasteiger partial charge is 0.493 e. The van der Waals surface area contributed by atoms with E-state index in [2.05, 4.69) is 10.6 Å². The Labute approximate surface area is 153 Å². The fourth-order valence-corrected chi connectivity index (χ4v) is 2.73. The highest BCUT2D eigenvalue weighted by atomic mass is 16.6. The molecule has 0 saturated carbocycles. The number of fused-ring (bicyclic) bond motifs is 1. The molecule has 0 unspecified atom stereocenters. The molecule has 2 aromatic carbocycles. The van der Waals surface area contributed by atoms with Crippen LogP contribution in [0.25, 0.3) is 0 Å². The molecule has 6 heteroatoms. The number of benzene rings is 2. The number of carbonyl (C=O) groups is 1. The molecule has 0 aliphatic carbocycles. The van der Waals surface area contributed by atoms with Crippen LogP contribution in [0.2, 0.25) is 0 Å². The Morgan fingerprint density at radius 1 is 1.12 bits per heavy atom. The number of hydrogen-bond acceptors (Lipinski definition) is 5. The van der Waals surface area contributed by atoms with Crippen LogP contribution in [0.15, 0.2) is 36.4 Å². The summed E-state index contributed by atoms with van der Waals surface area (Å²) < 4.78 is 16.6. The van der Waals surface area contributed by atoms with Gasteiger partial charge in [0.1, 0.15) is 13.2 Å². The van der Waals surface area contributed by atoms with Gasteiger partial charge in [-0.1, -0.05) is 17.7 Å². The van der Waals surface area contributed by atoms with Gasteiger partial charge in [-0.05, 0) is 36.8 Å². The summed E-state index contributed by atoms with van der Waals surface area (Å²) in [5.41, 5.74) is 2.85. The third-order valence-corrected chi connectivity index (χ3v) is 4.12. The molecule has 0 fully saturated rings. The van der Waals surface area contributed by atoms with Crippen molar-refractivity contribution < 1.29 is 19.0 Å². The van der Waals surface area contributed by atoms with Crippen molar-refractivity contribution in [2.75, 3.05) is 33.4 Å². The lowest BCUT2D eigenvalue weighted by Crippen LogP contribution is -2.31. The quantitative estimate of drug-likeness (QED) is 0.745. The number of rotatable bonds is 7. The van der Waals surface area contributed by atoms with Crippen LogP contribution in [0.1, 0.15) is 21.5 Å². The molecule has 0 saturated heterocycles. The molecule has 0 atom stereocenters. The lowest BCUT2D eigenvalue weighted by Gasteiger charge is -2.21. The standard InChI is InChI=1S/C20H24N2O4/c1-14-3-5-16(6-4-14)20(23)22-8-7-21-13-15-11-17(24-2)19-18(12-15)25-9-10-26-19/h3-6,11-12,21H,7-10,13H2,1-2H3,(H,22,23). The SMILES string of the molecule is COc1cc(CNCCNC(=O)c2ccc(C)cc2)cc2c1OCCO2. The van der Waals surface area contributed by atoms with E-state index < -0.39 is 0 Å². The van der Waals surface area contributed by atoms with Gasteiger partial charge in [0.25, 0.3) is 5.91 Å². The summed E-state index contributed by atoms with van der Waals surface area (Å²) in [5, 5.41) is 6.22. The normalized spacial score (nSPS) is 12.5. The number of hydrogen-bond donors (Lipinski definition) is 2. The van der Waals surface area contributed by atoms with Crippen molar-refractivity contribution in [1.82, 2.24) is 10.6 Å². The van der Waals surface area contributed by atoms with E-state index in [0.717, 1.165) is 11.1 Å². The molecule has 0 spiro atoms. The van der Waals surface area contributed by atoms with E-state index in [1.165, 1.54) is 0 Å². The van der Waals surface area contributed by atoms with Gasteiger partial charge in [-0.15, -0.1) is 0 Å². The summed E-state index contributed by atoms with van der Waals surface area (Å²) in [6.45, 7) is 4.92. The highest BCUT2D eigenvalue weighted by Gasteiger charge is 2.18. The second kappa shape index (κ2) is 8.58. The highest BCUT2D eigenvalue weighted by molar-refractivity contribution is 5.94. The van der Waals surface area contributed by atoms with E-state index >= 15 is 0 Å². The summed E-state index contributed by atoms with van der Waals surface area (Å²) in [6.07, 6.45) is 0. The van der Waals surface area contributed by atoms with Gasteiger partial charge in [-0.3, -0.25) is 4.79 Å². The van der Waals surface area contributed by atoms with Gasteiger partial charge < -0.3 is 24.8 Å². The molecule has 1 heterocycles. The van der Waals surface area contributed by atoms with Gasteiger partial charge in [0.2, 0.25) is 5.75 Å². The van der Waals surface area contributed by atoms with Crippen LogP contribution in [0.3, 0.4) is 0 Å². The lowest BCUT2D eigenvalue weighted by atomic mass is 10.1. The molecule has 1 aliphatic heterocycles. The fraction of sp³-hybridized carbons (Fsp3) is 0.350. The number of nitrogens with one attached hydrogen (secondary N) is 2. The molecular formula is C20H24N2O4. The Morgan fingerprint density at radius 2 is 1.88 bits per heavy atom. The van der Waals surface area contributed by atoms with Crippen LogP contribution in [0.5, 0.6) is 17.2 Å². The number of methoxy groups -OCH3 is 1. The van der Waals surface area contributed by atoms with Crippen molar-refractivity contribution >= 4 is 5.91 Å². The van der Waals surface area contributed by atoms with Crippen LogP contribution in [0.4, 0.5) is 0 Å². The minimum atomic E-state index is -0.0622. The molecule has 2 aromatic rings. The first-order valence-corrected chi connectivity index (χ1v) is 8.69. The third-order valence-electron chi connectivity index (χ3n) is 4.12. The van der Waals surface area contributed by atoms with Gasteiger partial charge in [0.15, 0.2) is 11.5 Å². The van der Waals surface area contributed by atoms with Crippen molar-refractivity contribution in [2.45, 2.75) is 13.5 Å². The molecule has 1 aliphatic rings. The molecule has 2 N–H and O–H groups in total. The Kier molecular flexibility index (Phi) is 5.96. The van der Waals surface area contributed by atoms with Crippen molar-refractivity contribution in [3.63, 3.8) is 0 Å². The monoisotopic (exact) mass is 356 g/mol. The minimum absolute atomic E-state index is 0.0622. The fourth-order valence-electron chi connectivity index (χ4n) is 2.73. The molecular weight excluding hydrogens is 332 g/mol. The lowest BCUT2D eigenvalue weighted by molar-refractivity contribution is 0.0954. The first kappa shape index (κ1) is 18.1. The maximum atomic E-state index is 12.0. The average Bonchev–Trinajstić information content (AvgIpc) is 2.67. The van der Waals surface area contributed by atoms with E-state index in [0.29, 0.717) is 55.7 Å². The van der Waals surface area contributed by atoms with E-state index in [1.807, 2.05) is 43.3 Å². The van der Waals surface area contributed by atoms with E-state index in [-0.39, 0.29) is 5.91 Å². The zero-order valence-electron chi connectivity index (χ0n) is 15.1. The Balaban J connectivity index is 1.46. The first-order valence-electron chi connectivity index (χ1n) is 8.69. The van der Waals surface area contributed by atoms with Gasteiger partial charge >= 0.3 is 0 Å². The molecule has 138 valence electrons. The van der Waals surface area contributed by atoms with Crippen molar-refractivity contribution in [3.8, 4) is 17.2 Å². The van der Waals surface area contributed by atoms with E-state index in [9.17, 15) is 4.79 Å². The molecule has 3 rings (SSSR count). The molecule has 0 aromatic heterocycles. The third kappa shape index (κ3) is 4.46. The Morgan fingerprint density at radius 3 is 2.65 bits per heavy atom. The number of ether oxygens (including phenoxy) is 3.